The predicted octanol–water partition coefficient (Wildman–Crippen LogP) is 0.289. The van der Waals surface area contributed by atoms with E-state index in [0.717, 1.165) is 5.75 Å². The first-order valence-electron chi connectivity index (χ1n) is 5.60. The summed E-state index contributed by atoms with van der Waals surface area (Å²) in [5.74, 6) is 0.738. The fourth-order valence-electron chi connectivity index (χ4n) is 1.08. The van der Waals surface area contributed by atoms with Crippen molar-refractivity contribution in [1.29, 1.82) is 0 Å². The number of ether oxygens (including phenoxy) is 1. The lowest BCUT2D eigenvalue weighted by Crippen LogP contribution is -2.21. The van der Waals surface area contributed by atoms with Crippen LogP contribution < -0.4 is 16.2 Å². The van der Waals surface area contributed by atoms with Crippen LogP contribution in [0.3, 0.4) is 0 Å². The zero-order chi connectivity index (χ0) is 16.5. The Morgan fingerprint density at radius 1 is 1.29 bits per heavy atom. The highest BCUT2D eigenvalue weighted by molar-refractivity contribution is 7.79. The molecule has 0 unspecified atom stereocenters. The molecule has 1 rings (SSSR count). The van der Waals surface area contributed by atoms with E-state index in [9.17, 15) is 0 Å². The van der Waals surface area contributed by atoms with Crippen molar-refractivity contribution in [3.63, 3.8) is 0 Å². The fraction of sp³-hybridized carbons (Fsp3) is 0.273. The van der Waals surface area contributed by atoms with Gasteiger partial charge >= 0.3 is 10.4 Å². The molecule has 0 radical (unpaired) electrons. The van der Waals surface area contributed by atoms with Gasteiger partial charge in [0.25, 0.3) is 0 Å². The molecular weight excluding hydrogens is 300 g/mol. The number of nitrogens with two attached hydrogens (primary N) is 2. The Balaban J connectivity index is 0.000000690. The standard InChI is InChI=1S/C11H16N4O.H2O4S/c1-8-3-4-10(7-9(8)2)16-6-5-14-15-11(12)13;1-5(2,3)4/h3-5,7H,6H2,1-2H3,(H4,12,13,15);(H2,1,2,3,4)/b14-5+;. The van der Waals surface area contributed by atoms with E-state index in [4.69, 9.17) is 33.7 Å². The Morgan fingerprint density at radius 3 is 2.33 bits per heavy atom. The zero-order valence-electron chi connectivity index (χ0n) is 11.6. The third-order valence-corrected chi connectivity index (χ3v) is 2.06. The first kappa shape index (κ1) is 18.8. The molecule has 21 heavy (non-hydrogen) atoms. The molecule has 0 atom stereocenters. The smallest absolute Gasteiger partial charge is 0.394 e. The van der Waals surface area contributed by atoms with Crippen LogP contribution in [0.25, 0.3) is 0 Å². The van der Waals surface area contributed by atoms with Crippen molar-refractivity contribution >= 4 is 22.6 Å². The highest BCUT2D eigenvalue weighted by Crippen LogP contribution is 2.15. The van der Waals surface area contributed by atoms with E-state index >= 15 is 0 Å². The van der Waals surface area contributed by atoms with Gasteiger partial charge in [-0.3, -0.25) is 9.11 Å². The Morgan fingerprint density at radius 2 is 1.86 bits per heavy atom. The molecule has 1 aromatic carbocycles. The molecule has 1 aromatic rings. The summed E-state index contributed by atoms with van der Waals surface area (Å²) in [6.07, 6.45) is 1.49. The summed E-state index contributed by atoms with van der Waals surface area (Å²) >= 11 is 0. The molecule has 0 heterocycles. The SMILES string of the molecule is Cc1ccc(OC/C=N/N=C(N)N)cc1C.O=S(=O)(O)O. The third-order valence-electron chi connectivity index (χ3n) is 2.06. The fourth-order valence-corrected chi connectivity index (χ4v) is 1.08. The molecule has 0 aliphatic carbocycles. The van der Waals surface area contributed by atoms with E-state index in [-0.39, 0.29) is 5.96 Å². The Labute approximate surface area is 122 Å². The monoisotopic (exact) mass is 318 g/mol. The van der Waals surface area contributed by atoms with Gasteiger partial charge in [0.1, 0.15) is 12.4 Å². The van der Waals surface area contributed by atoms with Gasteiger partial charge in [-0.1, -0.05) is 6.07 Å². The molecule has 118 valence electrons. The highest BCUT2D eigenvalue weighted by Gasteiger charge is 1.95. The minimum absolute atomic E-state index is 0.0672. The summed E-state index contributed by atoms with van der Waals surface area (Å²) < 4.78 is 37.0. The summed E-state index contributed by atoms with van der Waals surface area (Å²) in [6, 6.07) is 5.90. The van der Waals surface area contributed by atoms with Crippen molar-refractivity contribution in [2.45, 2.75) is 13.8 Å². The normalized spacial score (nSPS) is 10.7. The quantitative estimate of drug-likeness (QED) is 0.268. The van der Waals surface area contributed by atoms with Crippen LogP contribution in [0.5, 0.6) is 5.75 Å². The molecule has 0 bridgehead atoms. The minimum atomic E-state index is -4.67. The van der Waals surface area contributed by atoms with Crippen molar-refractivity contribution in [3.05, 3.63) is 29.3 Å². The Bertz CT molecular complexity index is 601. The van der Waals surface area contributed by atoms with Crippen LogP contribution in [-0.4, -0.2) is 36.3 Å². The molecule has 6 N–H and O–H groups in total. The molecule has 0 aliphatic heterocycles. The molecular formula is C11H18N4O5S. The van der Waals surface area contributed by atoms with Crippen molar-refractivity contribution < 1.29 is 22.3 Å². The van der Waals surface area contributed by atoms with Gasteiger partial charge in [0.15, 0.2) is 0 Å². The topological polar surface area (TPSA) is 161 Å². The number of hydrogen-bond acceptors (Lipinski definition) is 5. The van der Waals surface area contributed by atoms with E-state index in [1.165, 1.54) is 17.3 Å². The van der Waals surface area contributed by atoms with E-state index < -0.39 is 10.4 Å². The van der Waals surface area contributed by atoms with Crippen molar-refractivity contribution in [3.8, 4) is 5.75 Å². The van der Waals surface area contributed by atoms with Crippen molar-refractivity contribution in [2.75, 3.05) is 6.61 Å². The molecule has 0 saturated carbocycles. The average Bonchev–Trinajstić information content (AvgIpc) is 2.30. The molecule has 0 fully saturated rings. The second-order valence-corrected chi connectivity index (χ2v) is 4.72. The number of aryl methyl sites for hydroxylation is 2. The maximum atomic E-state index is 8.74. The van der Waals surface area contributed by atoms with E-state index in [2.05, 4.69) is 17.1 Å². The van der Waals surface area contributed by atoms with Crippen LogP contribution in [0.15, 0.2) is 28.4 Å². The van der Waals surface area contributed by atoms with Crippen LogP contribution in [0.2, 0.25) is 0 Å². The van der Waals surface area contributed by atoms with Crippen LogP contribution in [0.1, 0.15) is 11.1 Å². The molecule has 0 amide bonds. The first-order chi connectivity index (χ1) is 9.59. The van der Waals surface area contributed by atoms with Gasteiger partial charge in [-0.25, -0.2) is 0 Å². The van der Waals surface area contributed by atoms with Gasteiger partial charge in [0, 0.05) is 0 Å². The number of hydrogen-bond donors (Lipinski definition) is 4. The lowest BCUT2D eigenvalue weighted by Gasteiger charge is -2.05. The summed E-state index contributed by atoms with van der Waals surface area (Å²) in [5, 5.41) is 7.06. The maximum absolute atomic E-state index is 8.74. The van der Waals surface area contributed by atoms with Crippen LogP contribution in [0.4, 0.5) is 0 Å². The van der Waals surface area contributed by atoms with Gasteiger partial charge in [0.2, 0.25) is 5.96 Å². The predicted molar refractivity (Wildman–Crippen MR) is 79.9 cm³/mol. The van der Waals surface area contributed by atoms with Crippen LogP contribution in [-0.2, 0) is 10.4 Å². The molecule has 0 saturated heterocycles. The molecule has 0 spiro atoms. The van der Waals surface area contributed by atoms with Gasteiger partial charge in [-0.05, 0) is 37.1 Å². The zero-order valence-corrected chi connectivity index (χ0v) is 12.4. The van der Waals surface area contributed by atoms with Crippen molar-refractivity contribution in [2.24, 2.45) is 21.7 Å². The van der Waals surface area contributed by atoms with Crippen LogP contribution in [0, 0.1) is 13.8 Å². The molecule has 0 aliphatic rings. The first-order valence-corrected chi connectivity index (χ1v) is 6.99. The highest BCUT2D eigenvalue weighted by atomic mass is 32.3. The summed E-state index contributed by atoms with van der Waals surface area (Å²) in [4.78, 5) is 0. The number of nitrogens with zero attached hydrogens (tertiary/aromatic N) is 2. The lowest BCUT2D eigenvalue weighted by atomic mass is 10.1. The average molecular weight is 318 g/mol. The largest absolute Gasteiger partial charge is 0.488 e. The maximum Gasteiger partial charge on any atom is 0.394 e. The van der Waals surface area contributed by atoms with Gasteiger partial charge in [-0.2, -0.15) is 13.5 Å². The molecule has 0 aromatic heterocycles. The Hall–Kier alpha value is -2.17. The van der Waals surface area contributed by atoms with Crippen molar-refractivity contribution in [1.82, 2.24) is 0 Å². The third kappa shape index (κ3) is 12.6. The summed E-state index contributed by atoms with van der Waals surface area (Å²) in [7, 11) is -4.67. The summed E-state index contributed by atoms with van der Waals surface area (Å²) in [5.41, 5.74) is 12.6. The van der Waals surface area contributed by atoms with Gasteiger partial charge in [-0.15, -0.1) is 5.10 Å². The number of benzene rings is 1. The number of rotatable bonds is 4. The van der Waals surface area contributed by atoms with E-state index in [1.54, 1.807) is 0 Å². The minimum Gasteiger partial charge on any atom is -0.488 e. The van der Waals surface area contributed by atoms with E-state index in [1.807, 2.05) is 25.1 Å². The van der Waals surface area contributed by atoms with Crippen LogP contribution >= 0.6 is 0 Å². The summed E-state index contributed by atoms with van der Waals surface area (Å²) in [6.45, 7) is 4.42. The van der Waals surface area contributed by atoms with Gasteiger partial charge in [0.05, 0.1) is 6.21 Å². The Kier molecular flexibility index (Phi) is 7.97. The second-order valence-electron chi connectivity index (χ2n) is 3.83. The second kappa shape index (κ2) is 8.89. The lowest BCUT2D eigenvalue weighted by molar-refractivity contribution is 0.379. The van der Waals surface area contributed by atoms with Gasteiger partial charge < -0.3 is 16.2 Å². The molecule has 10 heteroatoms. The molecule has 9 nitrogen and oxygen atoms in total. The number of guanidine groups is 1. The van der Waals surface area contributed by atoms with E-state index in [0.29, 0.717) is 6.61 Å².